The van der Waals surface area contributed by atoms with Crippen LogP contribution in [0, 0.1) is 0 Å². The van der Waals surface area contributed by atoms with E-state index >= 15 is 0 Å². The number of rotatable bonds is 2. The van der Waals surface area contributed by atoms with Crippen molar-refractivity contribution in [3.8, 4) is 0 Å². The fourth-order valence-electron chi connectivity index (χ4n) is 3.30. The Bertz CT molecular complexity index is 647. The molecule has 0 aliphatic carbocycles. The first-order valence-corrected chi connectivity index (χ1v) is 7.68. The van der Waals surface area contributed by atoms with Crippen LogP contribution in [0.5, 0.6) is 0 Å². The SMILES string of the molecule is Cn1cc(C(=O)N2CCCCCC2CO)c2ccccc21. The molecule has 0 radical (unpaired) electrons. The van der Waals surface area contributed by atoms with Gasteiger partial charge in [-0.05, 0) is 18.9 Å². The molecule has 0 saturated carbocycles. The number of hydrogen-bond acceptors (Lipinski definition) is 2. The number of benzene rings is 1. The van der Waals surface area contributed by atoms with Gasteiger partial charge in [-0.25, -0.2) is 0 Å². The Hall–Kier alpha value is -1.81. The molecule has 3 rings (SSSR count). The number of carbonyl (C=O) groups excluding carboxylic acids is 1. The maximum Gasteiger partial charge on any atom is 0.256 e. The Morgan fingerprint density at radius 3 is 2.90 bits per heavy atom. The second-order valence-electron chi connectivity index (χ2n) is 5.86. The van der Waals surface area contributed by atoms with E-state index in [4.69, 9.17) is 0 Å². The molecule has 1 aliphatic heterocycles. The summed E-state index contributed by atoms with van der Waals surface area (Å²) in [4.78, 5) is 14.8. The van der Waals surface area contributed by atoms with Crippen molar-refractivity contribution in [1.82, 2.24) is 9.47 Å². The summed E-state index contributed by atoms with van der Waals surface area (Å²) in [6, 6.07) is 7.93. The van der Waals surface area contributed by atoms with Crippen molar-refractivity contribution in [2.45, 2.75) is 31.7 Å². The first-order chi connectivity index (χ1) is 10.2. The van der Waals surface area contributed by atoms with Gasteiger partial charge in [-0.15, -0.1) is 0 Å². The van der Waals surface area contributed by atoms with E-state index in [0.717, 1.165) is 48.7 Å². The summed E-state index contributed by atoms with van der Waals surface area (Å²) < 4.78 is 1.99. The van der Waals surface area contributed by atoms with Crippen LogP contribution in [-0.2, 0) is 7.05 Å². The normalized spacial score (nSPS) is 19.7. The van der Waals surface area contributed by atoms with E-state index in [1.54, 1.807) is 0 Å². The van der Waals surface area contributed by atoms with Crippen LogP contribution in [0.15, 0.2) is 30.5 Å². The van der Waals surface area contributed by atoms with Crippen molar-refractivity contribution in [2.75, 3.05) is 13.2 Å². The van der Waals surface area contributed by atoms with Crippen LogP contribution < -0.4 is 0 Å². The average molecular weight is 286 g/mol. The van der Waals surface area contributed by atoms with E-state index in [1.807, 2.05) is 47.0 Å². The molecular formula is C17H22N2O2. The lowest BCUT2D eigenvalue weighted by Crippen LogP contribution is -2.42. The molecule has 21 heavy (non-hydrogen) atoms. The largest absolute Gasteiger partial charge is 0.394 e. The lowest BCUT2D eigenvalue weighted by atomic mass is 10.1. The van der Waals surface area contributed by atoms with Crippen molar-refractivity contribution < 1.29 is 9.90 Å². The molecular weight excluding hydrogens is 264 g/mol. The Morgan fingerprint density at radius 2 is 2.10 bits per heavy atom. The van der Waals surface area contributed by atoms with Gasteiger partial charge in [0.25, 0.3) is 5.91 Å². The highest BCUT2D eigenvalue weighted by atomic mass is 16.3. The quantitative estimate of drug-likeness (QED) is 0.922. The maximum atomic E-state index is 13.0. The number of nitrogens with zero attached hydrogens (tertiary/aromatic N) is 2. The number of aliphatic hydroxyl groups excluding tert-OH is 1. The lowest BCUT2D eigenvalue weighted by molar-refractivity contribution is 0.0601. The van der Waals surface area contributed by atoms with E-state index in [9.17, 15) is 9.90 Å². The minimum Gasteiger partial charge on any atom is -0.394 e. The molecule has 1 aliphatic rings. The summed E-state index contributed by atoms with van der Waals surface area (Å²) in [5, 5.41) is 10.6. The van der Waals surface area contributed by atoms with Gasteiger partial charge in [-0.2, -0.15) is 0 Å². The number of para-hydroxylation sites is 1. The first-order valence-electron chi connectivity index (χ1n) is 7.68. The molecule has 112 valence electrons. The van der Waals surface area contributed by atoms with Crippen LogP contribution in [0.25, 0.3) is 10.9 Å². The van der Waals surface area contributed by atoms with Crippen molar-refractivity contribution in [1.29, 1.82) is 0 Å². The molecule has 2 heterocycles. The monoisotopic (exact) mass is 286 g/mol. The zero-order valence-electron chi connectivity index (χ0n) is 12.5. The van der Waals surface area contributed by atoms with Crippen LogP contribution in [0.4, 0.5) is 0 Å². The number of carbonyl (C=O) groups is 1. The molecule has 1 unspecified atom stereocenters. The van der Waals surface area contributed by atoms with Crippen molar-refractivity contribution in [2.24, 2.45) is 7.05 Å². The molecule has 2 aromatic rings. The third-order valence-corrected chi connectivity index (χ3v) is 4.48. The number of aromatic nitrogens is 1. The summed E-state index contributed by atoms with van der Waals surface area (Å²) in [7, 11) is 1.96. The van der Waals surface area contributed by atoms with Crippen LogP contribution >= 0.6 is 0 Å². The maximum absolute atomic E-state index is 13.0. The Labute approximate surface area is 125 Å². The third kappa shape index (κ3) is 2.56. The number of aliphatic hydroxyl groups is 1. The molecule has 4 heteroatoms. The van der Waals surface area contributed by atoms with Gasteiger partial charge in [0, 0.05) is 30.7 Å². The Balaban J connectivity index is 1.99. The van der Waals surface area contributed by atoms with E-state index in [0.29, 0.717) is 0 Å². The average Bonchev–Trinajstić information content (AvgIpc) is 2.71. The molecule has 0 bridgehead atoms. The Morgan fingerprint density at radius 1 is 1.29 bits per heavy atom. The smallest absolute Gasteiger partial charge is 0.256 e. The van der Waals surface area contributed by atoms with Crippen LogP contribution in [-0.4, -0.2) is 39.7 Å². The highest BCUT2D eigenvalue weighted by Gasteiger charge is 2.27. The van der Waals surface area contributed by atoms with Gasteiger partial charge in [0.1, 0.15) is 0 Å². The molecule has 1 aromatic carbocycles. The number of fused-ring (bicyclic) bond motifs is 1. The van der Waals surface area contributed by atoms with Gasteiger partial charge in [-0.3, -0.25) is 4.79 Å². The molecule has 1 amide bonds. The van der Waals surface area contributed by atoms with Gasteiger partial charge in [0.15, 0.2) is 0 Å². The van der Waals surface area contributed by atoms with E-state index in [-0.39, 0.29) is 18.6 Å². The number of aryl methyl sites for hydroxylation is 1. The minimum atomic E-state index is -0.0426. The topological polar surface area (TPSA) is 45.5 Å². The zero-order valence-corrected chi connectivity index (χ0v) is 12.5. The molecule has 0 spiro atoms. The van der Waals surface area contributed by atoms with Gasteiger partial charge in [0.2, 0.25) is 0 Å². The van der Waals surface area contributed by atoms with Crippen LogP contribution in [0.3, 0.4) is 0 Å². The molecule has 4 nitrogen and oxygen atoms in total. The van der Waals surface area contributed by atoms with Crippen LogP contribution in [0.2, 0.25) is 0 Å². The van der Waals surface area contributed by atoms with E-state index < -0.39 is 0 Å². The van der Waals surface area contributed by atoms with Crippen LogP contribution in [0.1, 0.15) is 36.0 Å². The second-order valence-corrected chi connectivity index (χ2v) is 5.86. The lowest BCUT2D eigenvalue weighted by Gasteiger charge is -2.28. The zero-order chi connectivity index (χ0) is 14.8. The first kappa shape index (κ1) is 14.1. The van der Waals surface area contributed by atoms with Crippen molar-refractivity contribution in [3.63, 3.8) is 0 Å². The van der Waals surface area contributed by atoms with Gasteiger partial charge < -0.3 is 14.6 Å². The summed E-state index contributed by atoms with van der Waals surface area (Å²) in [5.41, 5.74) is 1.81. The fourth-order valence-corrected chi connectivity index (χ4v) is 3.30. The molecule has 1 N–H and O–H groups in total. The molecule has 1 fully saturated rings. The van der Waals surface area contributed by atoms with Gasteiger partial charge in [0.05, 0.1) is 18.2 Å². The highest BCUT2D eigenvalue weighted by Crippen LogP contribution is 2.25. The van der Waals surface area contributed by atoms with Crippen molar-refractivity contribution >= 4 is 16.8 Å². The standard InChI is InChI=1S/C17H22N2O2/c1-18-11-15(14-8-4-5-9-16(14)18)17(21)19-10-6-2-3-7-13(19)12-20/h4-5,8-9,11,13,20H,2-3,6-7,10,12H2,1H3. The molecule has 1 atom stereocenters. The van der Waals surface area contributed by atoms with Gasteiger partial charge in [-0.1, -0.05) is 31.0 Å². The van der Waals surface area contributed by atoms with E-state index in [1.165, 1.54) is 0 Å². The summed E-state index contributed by atoms with van der Waals surface area (Å²) in [6.45, 7) is 0.795. The summed E-state index contributed by atoms with van der Waals surface area (Å²) >= 11 is 0. The summed E-state index contributed by atoms with van der Waals surface area (Å²) in [5.74, 6) is 0.0488. The third-order valence-electron chi connectivity index (χ3n) is 4.48. The number of amides is 1. The van der Waals surface area contributed by atoms with Crippen molar-refractivity contribution in [3.05, 3.63) is 36.0 Å². The highest BCUT2D eigenvalue weighted by molar-refractivity contribution is 6.07. The number of hydrogen-bond donors (Lipinski definition) is 1. The Kier molecular flexibility index (Phi) is 3.97. The predicted octanol–water partition coefficient (Wildman–Crippen LogP) is 2.56. The van der Waals surface area contributed by atoms with Gasteiger partial charge >= 0.3 is 0 Å². The summed E-state index contributed by atoms with van der Waals surface area (Å²) in [6.07, 6.45) is 6.05. The van der Waals surface area contributed by atoms with E-state index in [2.05, 4.69) is 0 Å². The predicted molar refractivity (Wildman–Crippen MR) is 83.3 cm³/mol. The minimum absolute atomic E-state index is 0.0426. The molecule has 1 aromatic heterocycles. The number of likely N-dealkylation sites (tertiary alicyclic amines) is 1. The fraction of sp³-hybridized carbons (Fsp3) is 0.471. The second kappa shape index (κ2) is 5.90. The molecule has 1 saturated heterocycles.